The molecule has 2 rings (SSSR count). The van der Waals surface area contributed by atoms with E-state index in [-0.39, 0.29) is 11.2 Å². The summed E-state index contributed by atoms with van der Waals surface area (Å²) in [6, 6.07) is 4.39. The first-order chi connectivity index (χ1) is 9.91. The Hall–Kier alpha value is -1.27. The number of rotatable bonds is 6. The van der Waals surface area contributed by atoms with Crippen molar-refractivity contribution in [2.75, 3.05) is 6.54 Å². The van der Waals surface area contributed by atoms with Gasteiger partial charge in [-0.1, -0.05) is 34.9 Å². The SMILES string of the molecule is CC(C)(CCN)CCc1nc(-c2cc(F)ccc2Br)no1. The molecular formula is C15H19BrFN3O. The van der Waals surface area contributed by atoms with Crippen molar-refractivity contribution in [3.05, 3.63) is 34.4 Å². The van der Waals surface area contributed by atoms with Crippen molar-refractivity contribution in [1.82, 2.24) is 10.1 Å². The third kappa shape index (κ3) is 4.35. The van der Waals surface area contributed by atoms with E-state index in [0.29, 0.717) is 30.2 Å². The van der Waals surface area contributed by atoms with E-state index in [1.807, 2.05) is 0 Å². The molecule has 0 amide bonds. The van der Waals surface area contributed by atoms with E-state index in [0.717, 1.165) is 17.3 Å². The lowest BCUT2D eigenvalue weighted by molar-refractivity contribution is 0.289. The minimum absolute atomic E-state index is 0.142. The Kier molecular flexibility index (Phi) is 5.11. The van der Waals surface area contributed by atoms with Crippen molar-refractivity contribution >= 4 is 15.9 Å². The van der Waals surface area contributed by atoms with Crippen molar-refractivity contribution < 1.29 is 8.91 Å². The normalized spacial score (nSPS) is 11.9. The molecule has 0 radical (unpaired) electrons. The molecular weight excluding hydrogens is 337 g/mol. The summed E-state index contributed by atoms with van der Waals surface area (Å²) in [5.74, 6) is 0.628. The van der Waals surface area contributed by atoms with Crippen LogP contribution in [0.2, 0.25) is 0 Å². The van der Waals surface area contributed by atoms with E-state index in [2.05, 4.69) is 39.9 Å². The molecule has 0 saturated heterocycles. The Balaban J connectivity index is 2.10. The van der Waals surface area contributed by atoms with Gasteiger partial charge in [0.05, 0.1) is 0 Å². The van der Waals surface area contributed by atoms with Crippen LogP contribution in [0.4, 0.5) is 4.39 Å². The van der Waals surface area contributed by atoms with Gasteiger partial charge < -0.3 is 10.3 Å². The second-order valence-electron chi connectivity index (χ2n) is 5.84. The van der Waals surface area contributed by atoms with Gasteiger partial charge in [-0.15, -0.1) is 0 Å². The minimum Gasteiger partial charge on any atom is -0.339 e. The number of nitrogens with two attached hydrogens (primary N) is 1. The number of nitrogens with zero attached hydrogens (tertiary/aromatic N) is 2. The van der Waals surface area contributed by atoms with E-state index in [1.54, 1.807) is 6.07 Å². The second kappa shape index (κ2) is 6.66. The molecule has 21 heavy (non-hydrogen) atoms. The minimum atomic E-state index is -0.330. The van der Waals surface area contributed by atoms with Gasteiger partial charge in [0.1, 0.15) is 5.82 Å². The van der Waals surface area contributed by atoms with Crippen molar-refractivity contribution in [2.24, 2.45) is 11.1 Å². The summed E-state index contributed by atoms with van der Waals surface area (Å²) in [6.45, 7) is 5.00. The van der Waals surface area contributed by atoms with Gasteiger partial charge in [0.2, 0.25) is 11.7 Å². The van der Waals surface area contributed by atoms with Crippen LogP contribution in [0.3, 0.4) is 0 Å². The molecule has 0 fully saturated rings. The van der Waals surface area contributed by atoms with Gasteiger partial charge in [-0.2, -0.15) is 4.98 Å². The van der Waals surface area contributed by atoms with Crippen LogP contribution in [0.25, 0.3) is 11.4 Å². The molecule has 1 aromatic carbocycles. The highest BCUT2D eigenvalue weighted by molar-refractivity contribution is 9.10. The summed E-state index contributed by atoms with van der Waals surface area (Å²) in [4.78, 5) is 4.34. The molecule has 6 heteroatoms. The lowest BCUT2D eigenvalue weighted by Gasteiger charge is -2.22. The van der Waals surface area contributed by atoms with Gasteiger partial charge in [0.25, 0.3) is 0 Å². The summed E-state index contributed by atoms with van der Waals surface area (Å²) in [5, 5.41) is 3.93. The van der Waals surface area contributed by atoms with Crippen molar-refractivity contribution in [1.29, 1.82) is 0 Å². The molecule has 2 aromatic rings. The largest absolute Gasteiger partial charge is 0.339 e. The van der Waals surface area contributed by atoms with E-state index in [1.165, 1.54) is 12.1 Å². The Bertz CT molecular complexity index is 613. The Morgan fingerprint density at radius 2 is 2.10 bits per heavy atom. The molecule has 2 N–H and O–H groups in total. The quantitative estimate of drug-likeness (QED) is 0.851. The van der Waals surface area contributed by atoms with Gasteiger partial charge in [0, 0.05) is 16.5 Å². The fourth-order valence-electron chi connectivity index (χ4n) is 2.10. The summed E-state index contributed by atoms with van der Waals surface area (Å²) < 4.78 is 19.3. The van der Waals surface area contributed by atoms with E-state index >= 15 is 0 Å². The number of aryl methyl sites for hydroxylation is 1. The maximum atomic E-state index is 13.3. The van der Waals surface area contributed by atoms with Crippen LogP contribution in [0, 0.1) is 11.2 Å². The van der Waals surface area contributed by atoms with Gasteiger partial charge >= 0.3 is 0 Å². The van der Waals surface area contributed by atoms with Gasteiger partial charge in [-0.05, 0) is 43.0 Å². The van der Waals surface area contributed by atoms with E-state index in [4.69, 9.17) is 10.3 Å². The van der Waals surface area contributed by atoms with E-state index in [9.17, 15) is 4.39 Å². The highest BCUT2D eigenvalue weighted by atomic mass is 79.9. The first-order valence-corrected chi connectivity index (χ1v) is 7.69. The molecule has 0 saturated carbocycles. The lowest BCUT2D eigenvalue weighted by Crippen LogP contribution is -2.17. The fourth-order valence-corrected chi connectivity index (χ4v) is 2.52. The third-order valence-corrected chi connectivity index (χ3v) is 4.17. The van der Waals surface area contributed by atoms with E-state index < -0.39 is 0 Å². The molecule has 0 aliphatic carbocycles. The average Bonchev–Trinajstić information content (AvgIpc) is 2.88. The van der Waals surface area contributed by atoms with Crippen molar-refractivity contribution in [3.8, 4) is 11.4 Å². The molecule has 114 valence electrons. The predicted molar refractivity (Wildman–Crippen MR) is 83.2 cm³/mol. The second-order valence-corrected chi connectivity index (χ2v) is 6.69. The summed E-state index contributed by atoms with van der Waals surface area (Å²) >= 11 is 3.37. The molecule has 0 bridgehead atoms. The highest BCUT2D eigenvalue weighted by Gasteiger charge is 2.19. The Morgan fingerprint density at radius 1 is 1.33 bits per heavy atom. The van der Waals surface area contributed by atoms with Crippen LogP contribution in [0.5, 0.6) is 0 Å². The molecule has 0 spiro atoms. The van der Waals surface area contributed by atoms with Crippen LogP contribution in [0.15, 0.2) is 27.2 Å². The Labute approximate surface area is 132 Å². The summed E-state index contributed by atoms with van der Waals surface area (Å²) in [5.41, 5.74) is 6.33. The first kappa shape index (κ1) is 16.1. The average molecular weight is 356 g/mol. The monoisotopic (exact) mass is 355 g/mol. The Morgan fingerprint density at radius 3 is 2.81 bits per heavy atom. The highest BCUT2D eigenvalue weighted by Crippen LogP contribution is 2.29. The maximum absolute atomic E-state index is 13.3. The zero-order chi connectivity index (χ0) is 15.5. The summed E-state index contributed by atoms with van der Waals surface area (Å²) in [6.07, 6.45) is 2.55. The molecule has 1 aromatic heterocycles. The number of hydrogen-bond acceptors (Lipinski definition) is 4. The fraction of sp³-hybridized carbons (Fsp3) is 0.467. The molecule has 0 aliphatic heterocycles. The standard InChI is InChI=1S/C15H19BrFN3O/c1-15(2,7-8-18)6-5-13-19-14(20-21-13)11-9-10(17)3-4-12(11)16/h3-4,9H,5-8,18H2,1-2H3. The van der Waals surface area contributed by atoms with Crippen LogP contribution < -0.4 is 5.73 Å². The molecule has 0 atom stereocenters. The zero-order valence-electron chi connectivity index (χ0n) is 12.2. The number of aromatic nitrogens is 2. The first-order valence-electron chi connectivity index (χ1n) is 6.89. The maximum Gasteiger partial charge on any atom is 0.226 e. The summed E-state index contributed by atoms with van der Waals surface area (Å²) in [7, 11) is 0. The topological polar surface area (TPSA) is 64.9 Å². The van der Waals surface area contributed by atoms with Gasteiger partial charge in [0.15, 0.2) is 0 Å². The van der Waals surface area contributed by atoms with Crippen molar-refractivity contribution in [3.63, 3.8) is 0 Å². The van der Waals surface area contributed by atoms with Crippen LogP contribution in [-0.4, -0.2) is 16.7 Å². The van der Waals surface area contributed by atoms with Crippen LogP contribution >= 0.6 is 15.9 Å². The van der Waals surface area contributed by atoms with Crippen LogP contribution in [0.1, 0.15) is 32.6 Å². The molecule has 0 unspecified atom stereocenters. The zero-order valence-corrected chi connectivity index (χ0v) is 13.8. The number of hydrogen-bond donors (Lipinski definition) is 1. The molecule has 0 aliphatic rings. The number of halogens is 2. The smallest absolute Gasteiger partial charge is 0.226 e. The number of benzene rings is 1. The predicted octanol–water partition coefficient (Wildman–Crippen LogP) is 3.95. The lowest BCUT2D eigenvalue weighted by atomic mass is 9.84. The molecule has 4 nitrogen and oxygen atoms in total. The van der Waals surface area contributed by atoms with Crippen molar-refractivity contribution in [2.45, 2.75) is 33.1 Å². The van der Waals surface area contributed by atoms with Gasteiger partial charge in [-0.3, -0.25) is 0 Å². The third-order valence-electron chi connectivity index (χ3n) is 3.47. The van der Waals surface area contributed by atoms with Crippen LogP contribution in [-0.2, 0) is 6.42 Å². The molecule has 1 heterocycles. The van der Waals surface area contributed by atoms with Gasteiger partial charge in [-0.25, -0.2) is 4.39 Å².